The van der Waals surface area contributed by atoms with Crippen LogP contribution in [0.15, 0.2) is 34.1 Å². The highest BCUT2D eigenvalue weighted by Crippen LogP contribution is 2.34. The first-order chi connectivity index (χ1) is 9.51. The predicted molar refractivity (Wildman–Crippen MR) is 88.1 cm³/mol. The SMILES string of the molecule is Cc1cc(C(NN)c2ccc(OC(C)C)cc2)sc1Br. The largest absolute Gasteiger partial charge is 0.491 e. The number of hydrazine groups is 1. The summed E-state index contributed by atoms with van der Waals surface area (Å²) in [4.78, 5) is 1.19. The van der Waals surface area contributed by atoms with Crippen LogP contribution in [-0.4, -0.2) is 6.10 Å². The van der Waals surface area contributed by atoms with Gasteiger partial charge in [0.05, 0.1) is 15.9 Å². The number of nitrogens with two attached hydrogens (primary N) is 1. The van der Waals surface area contributed by atoms with Gasteiger partial charge in [-0.3, -0.25) is 5.84 Å². The van der Waals surface area contributed by atoms with E-state index < -0.39 is 0 Å². The Morgan fingerprint density at radius 2 is 1.90 bits per heavy atom. The summed E-state index contributed by atoms with van der Waals surface area (Å²) in [6.07, 6.45) is 0.181. The molecule has 0 bridgehead atoms. The third-order valence-corrected chi connectivity index (χ3v) is 5.11. The van der Waals surface area contributed by atoms with Crippen LogP contribution in [0.25, 0.3) is 0 Å². The van der Waals surface area contributed by atoms with Gasteiger partial charge in [0.1, 0.15) is 5.75 Å². The molecule has 0 radical (unpaired) electrons. The summed E-state index contributed by atoms with van der Waals surface area (Å²) in [6, 6.07) is 10.2. The van der Waals surface area contributed by atoms with Gasteiger partial charge in [-0.05, 0) is 66.0 Å². The van der Waals surface area contributed by atoms with Crippen molar-refractivity contribution in [3.8, 4) is 5.75 Å². The minimum atomic E-state index is -0.00176. The Labute approximate surface area is 132 Å². The Balaban J connectivity index is 2.23. The normalized spacial score (nSPS) is 12.7. The second kappa shape index (κ2) is 6.72. The fourth-order valence-corrected chi connectivity index (χ4v) is 3.64. The Bertz CT molecular complexity index is 546. The van der Waals surface area contributed by atoms with Gasteiger partial charge in [0.2, 0.25) is 0 Å². The first-order valence-electron chi connectivity index (χ1n) is 6.50. The molecule has 0 spiro atoms. The van der Waals surface area contributed by atoms with Gasteiger partial charge in [0.25, 0.3) is 0 Å². The number of ether oxygens (including phenoxy) is 1. The topological polar surface area (TPSA) is 47.3 Å². The van der Waals surface area contributed by atoms with Crippen LogP contribution in [-0.2, 0) is 0 Å². The van der Waals surface area contributed by atoms with E-state index in [1.807, 2.05) is 38.1 Å². The van der Waals surface area contributed by atoms with E-state index in [9.17, 15) is 0 Å². The van der Waals surface area contributed by atoms with Crippen LogP contribution in [0, 0.1) is 6.92 Å². The summed E-state index contributed by atoms with van der Waals surface area (Å²) in [5.74, 6) is 6.60. The van der Waals surface area contributed by atoms with E-state index in [0.717, 1.165) is 15.1 Å². The third kappa shape index (κ3) is 3.61. The van der Waals surface area contributed by atoms with Crippen LogP contribution in [0.1, 0.15) is 35.9 Å². The number of hydrogen-bond donors (Lipinski definition) is 2. The zero-order valence-corrected chi connectivity index (χ0v) is 14.2. The first-order valence-corrected chi connectivity index (χ1v) is 8.10. The highest BCUT2D eigenvalue weighted by Gasteiger charge is 2.16. The zero-order chi connectivity index (χ0) is 14.7. The molecule has 2 aromatic rings. The third-order valence-electron chi connectivity index (χ3n) is 2.91. The molecular weight excluding hydrogens is 336 g/mol. The number of aryl methyl sites for hydroxylation is 1. The molecular formula is C15H19BrN2OS. The van der Waals surface area contributed by atoms with E-state index >= 15 is 0 Å². The average Bonchev–Trinajstić information content (AvgIpc) is 2.72. The maximum absolute atomic E-state index is 5.73. The summed E-state index contributed by atoms with van der Waals surface area (Å²) < 4.78 is 6.80. The number of hydrogen-bond acceptors (Lipinski definition) is 4. The van der Waals surface area contributed by atoms with Crippen LogP contribution < -0.4 is 16.0 Å². The van der Waals surface area contributed by atoms with Crippen molar-refractivity contribution >= 4 is 27.3 Å². The summed E-state index contributed by atoms with van der Waals surface area (Å²) in [5.41, 5.74) is 5.23. The number of thiophene rings is 1. The molecule has 1 unspecified atom stereocenters. The van der Waals surface area contributed by atoms with Gasteiger partial charge in [-0.25, -0.2) is 5.43 Å². The highest BCUT2D eigenvalue weighted by molar-refractivity contribution is 9.11. The van der Waals surface area contributed by atoms with Gasteiger partial charge >= 0.3 is 0 Å². The number of nitrogens with one attached hydrogen (secondary N) is 1. The van der Waals surface area contributed by atoms with Crippen molar-refractivity contribution in [3.05, 3.63) is 50.1 Å². The second-order valence-corrected chi connectivity index (χ2v) is 7.34. The van der Waals surface area contributed by atoms with Crippen LogP contribution in [0.3, 0.4) is 0 Å². The standard InChI is InChI=1S/C15H19BrN2OS/c1-9(2)19-12-6-4-11(5-7-12)14(18-17)13-8-10(3)15(16)20-13/h4-9,14,18H,17H2,1-3H3. The van der Waals surface area contributed by atoms with E-state index in [2.05, 4.69) is 34.3 Å². The van der Waals surface area contributed by atoms with Crippen molar-refractivity contribution < 1.29 is 4.74 Å². The van der Waals surface area contributed by atoms with E-state index in [-0.39, 0.29) is 12.1 Å². The van der Waals surface area contributed by atoms with E-state index in [0.29, 0.717) is 0 Å². The van der Waals surface area contributed by atoms with E-state index in [1.165, 1.54) is 10.4 Å². The Morgan fingerprint density at radius 3 is 2.35 bits per heavy atom. The molecule has 0 aliphatic rings. The monoisotopic (exact) mass is 354 g/mol. The smallest absolute Gasteiger partial charge is 0.119 e. The van der Waals surface area contributed by atoms with Crippen molar-refractivity contribution in [2.24, 2.45) is 5.84 Å². The van der Waals surface area contributed by atoms with Crippen LogP contribution in [0.5, 0.6) is 5.75 Å². The van der Waals surface area contributed by atoms with Gasteiger partial charge in [0.15, 0.2) is 0 Å². The first kappa shape index (κ1) is 15.5. The molecule has 1 aromatic carbocycles. The van der Waals surface area contributed by atoms with Crippen LogP contribution in [0.4, 0.5) is 0 Å². The number of benzene rings is 1. The molecule has 3 N–H and O–H groups in total. The van der Waals surface area contributed by atoms with Gasteiger partial charge in [-0.15, -0.1) is 11.3 Å². The maximum Gasteiger partial charge on any atom is 0.119 e. The van der Waals surface area contributed by atoms with Gasteiger partial charge in [-0.2, -0.15) is 0 Å². The molecule has 1 atom stereocenters. The summed E-state index contributed by atoms with van der Waals surface area (Å²) in [5, 5.41) is 0. The van der Waals surface area contributed by atoms with Gasteiger partial charge in [0, 0.05) is 4.88 Å². The van der Waals surface area contributed by atoms with Crippen LogP contribution in [0.2, 0.25) is 0 Å². The fourth-order valence-electron chi connectivity index (χ4n) is 1.98. The quantitative estimate of drug-likeness (QED) is 0.625. The minimum Gasteiger partial charge on any atom is -0.491 e. The lowest BCUT2D eigenvalue weighted by Gasteiger charge is -2.16. The van der Waals surface area contributed by atoms with Crippen molar-refractivity contribution in [1.29, 1.82) is 0 Å². The van der Waals surface area contributed by atoms with E-state index in [4.69, 9.17) is 10.6 Å². The highest BCUT2D eigenvalue weighted by atomic mass is 79.9. The molecule has 0 fully saturated rings. The maximum atomic E-state index is 5.73. The van der Waals surface area contributed by atoms with Gasteiger partial charge in [-0.1, -0.05) is 12.1 Å². The average molecular weight is 355 g/mol. The molecule has 0 saturated carbocycles. The summed E-state index contributed by atoms with van der Waals surface area (Å²) in [6.45, 7) is 6.12. The van der Waals surface area contributed by atoms with Crippen molar-refractivity contribution in [3.63, 3.8) is 0 Å². The Kier molecular flexibility index (Phi) is 5.21. The molecule has 20 heavy (non-hydrogen) atoms. The lowest BCUT2D eigenvalue weighted by Crippen LogP contribution is -2.28. The molecule has 0 aliphatic carbocycles. The Hall–Kier alpha value is -0.880. The second-order valence-electron chi connectivity index (χ2n) is 4.94. The van der Waals surface area contributed by atoms with Crippen LogP contribution >= 0.6 is 27.3 Å². The molecule has 3 nitrogen and oxygen atoms in total. The molecule has 2 rings (SSSR count). The van der Waals surface area contributed by atoms with Crippen molar-refractivity contribution in [1.82, 2.24) is 5.43 Å². The van der Waals surface area contributed by atoms with E-state index in [1.54, 1.807) is 11.3 Å². The molecule has 1 heterocycles. The van der Waals surface area contributed by atoms with Crippen molar-refractivity contribution in [2.45, 2.75) is 32.9 Å². The lowest BCUT2D eigenvalue weighted by molar-refractivity contribution is 0.242. The van der Waals surface area contributed by atoms with Crippen molar-refractivity contribution in [2.75, 3.05) is 0 Å². The number of halogens is 1. The molecule has 1 aromatic heterocycles. The minimum absolute atomic E-state index is 0.00176. The molecule has 0 amide bonds. The summed E-state index contributed by atoms with van der Waals surface area (Å²) >= 11 is 5.25. The molecule has 0 aliphatic heterocycles. The molecule has 0 saturated heterocycles. The Morgan fingerprint density at radius 1 is 1.25 bits per heavy atom. The summed E-state index contributed by atoms with van der Waals surface area (Å²) in [7, 11) is 0. The zero-order valence-electron chi connectivity index (χ0n) is 11.8. The fraction of sp³-hybridized carbons (Fsp3) is 0.333. The lowest BCUT2D eigenvalue weighted by atomic mass is 10.1. The molecule has 108 valence electrons. The predicted octanol–water partition coefficient (Wildman–Crippen LogP) is 4.16. The molecule has 5 heteroatoms. The van der Waals surface area contributed by atoms with Gasteiger partial charge < -0.3 is 4.74 Å². The number of rotatable bonds is 5.